The Morgan fingerprint density at radius 3 is 2.94 bits per heavy atom. The fraction of sp³-hybridized carbons (Fsp3) is 1.00. The lowest BCUT2D eigenvalue weighted by atomic mass is 10.1. The van der Waals surface area contributed by atoms with Crippen LogP contribution in [0, 0.1) is 11.8 Å². The topological polar surface area (TPSA) is 15.3 Å². The molecule has 0 amide bonds. The van der Waals surface area contributed by atoms with Crippen LogP contribution in [-0.4, -0.2) is 36.6 Å². The molecule has 2 saturated carbocycles. The number of rotatable bonds is 4. The smallest absolute Gasteiger partial charge is 0.0223 e. The molecule has 0 spiro atoms. The average Bonchev–Trinajstić information content (AvgIpc) is 3.15. The monoisotopic (exact) mass is 222 g/mol. The van der Waals surface area contributed by atoms with Gasteiger partial charge in [-0.05, 0) is 57.0 Å². The zero-order valence-corrected chi connectivity index (χ0v) is 10.6. The van der Waals surface area contributed by atoms with Gasteiger partial charge in [-0.15, -0.1) is 0 Å². The van der Waals surface area contributed by atoms with Gasteiger partial charge in [-0.25, -0.2) is 0 Å². The van der Waals surface area contributed by atoms with Gasteiger partial charge < -0.3 is 5.32 Å². The summed E-state index contributed by atoms with van der Waals surface area (Å²) in [6, 6.07) is 1.78. The molecule has 16 heavy (non-hydrogen) atoms. The van der Waals surface area contributed by atoms with E-state index in [2.05, 4.69) is 17.1 Å². The fourth-order valence-corrected chi connectivity index (χ4v) is 3.45. The fourth-order valence-electron chi connectivity index (χ4n) is 3.45. The minimum atomic E-state index is 0.824. The Kier molecular flexibility index (Phi) is 3.21. The number of nitrogens with one attached hydrogen (secondary N) is 1. The molecule has 1 heterocycles. The lowest BCUT2D eigenvalue weighted by Crippen LogP contribution is -2.40. The molecule has 0 radical (unpaired) electrons. The van der Waals surface area contributed by atoms with Gasteiger partial charge in [-0.3, -0.25) is 4.90 Å². The average molecular weight is 222 g/mol. The quantitative estimate of drug-likeness (QED) is 0.785. The van der Waals surface area contributed by atoms with E-state index in [1.807, 2.05) is 0 Å². The summed E-state index contributed by atoms with van der Waals surface area (Å²) in [6.45, 7) is 6.27. The summed E-state index contributed by atoms with van der Waals surface area (Å²) in [5.41, 5.74) is 0. The normalized spacial score (nSPS) is 40.7. The maximum absolute atomic E-state index is 3.76. The van der Waals surface area contributed by atoms with Crippen LogP contribution in [0.15, 0.2) is 0 Å². The molecule has 0 bridgehead atoms. The van der Waals surface area contributed by atoms with Crippen LogP contribution < -0.4 is 5.32 Å². The Morgan fingerprint density at radius 1 is 1.31 bits per heavy atom. The molecule has 3 aliphatic rings. The Bertz CT molecular complexity index is 237. The Hall–Kier alpha value is -0.0800. The first-order valence-corrected chi connectivity index (χ1v) is 7.36. The van der Waals surface area contributed by atoms with Gasteiger partial charge >= 0.3 is 0 Å². The maximum atomic E-state index is 3.76. The predicted octanol–water partition coefficient (Wildman–Crippen LogP) is 2.25. The van der Waals surface area contributed by atoms with Crippen LogP contribution in [0.1, 0.15) is 45.4 Å². The second-order valence-corrected chi connectivity index (χ2v) is 6.10. The van der Waals surface area contributed by atoms with E-state index in [9.17, 15) is 0 Å². The first-order valence-electron chi connectivity index (χ1n) is 7.36. The summed E-state index contributed by atoms with van der Waals surface area (Å²) in [5.74, 6) is 2.06. The minimum Gasteiger partial charge on any atom is -0.312 e. The third-order valence-corrected chi connectivity index (χ3v) is 4.66. The van der Waals surface area contributed by atoms with Crippen LogP contribution in [-0.2, 0) is 0 Å². The summed E-state index contributed by atoms with van der Waals surface area (Å²) in [6.07, 6.45) is 8.65. The molecule has 3 unspecified atom stereocenters. The molecule has 2 heteroatoms. The van der Waals surface area contributed by atoms with Crippen molar-refractivity contribution in [3.63, 3.8) is 0 Å². The van der Waals surface area contributed by atoms with Gasteiger partial charge in [0.15, 0.2) is 0 Å². The van der Waals surface area contributed by atoms with Gasteiger partial charge in [0.25, 0.3) is 0 Å². The number of nitrogens with zero attached hydrogens (tertiary/aromatic N) is 1. The van der Waals surface area contributed by atoms with Crippen molar-refractivity contribution >= 4 is 0 Å². The second-order valence-electron chi connectivity index (χ2n) is 6.10. The predicted molar refractivity (Wildman–Crippen MR) is 67.5 cm³/mol. The highest BCUT2D eigenvalue weighted by Gasteiger charge is 2.43. The highest BCUT2D eigenvalue weighted by molar-refractivity contribution is 4.98. The largest absolute Gasteiger partial charge is 0.312 e. The van der Waals surface area contributed by atoms with Crippen molar-refractivity contribution in [3.05, 3.63) is 0 Å². The standard InChI is InChI=1S/C14H26N2/c1-2-4-12-9-14(12)16-8-3-7-15-13(10-16)11-5-6-11/h11-15H,2-10H2,1H3. The summed E-state index contributed by atoms with van der Waals surface area (Å²) in [7, 11) is 0. The summed E-state index contributed by atoms with van der Waals surface area (Å²) in [4.78, 5) is 2.81. The Morgan fingerprint density at radius 2 is 2.19 bits per heavy atom. The van der Waals surface area contributed by atoms with Gasteiger partial charge in [-0.2, -0.15) is 0 Å². The zero-order chi connectivity index (χ0) is 11.0. The van der Waals surface area contributed by atoms with Crippen molar-refractivity contribution in [3.8, 4) is 0 Å². The van der Waals surface area contributed by atoms with E-state index in [0.717, 1.165) is 23.9 Å². The first kappa shape index (κ1) is 11.0. The lowest BCUT2D eigenvalue weighted by Gasteiger charge is -2.24. The van der Waals surface area contributed by atoms with Crippen molar-refractivity contribution in [1.29, 1.82) is 0 Å². The van der Waals surface area contributed by atoms with Crippen LogP contribution in [0.3, 0.4) is 0 Å². The molecule has 0 aromatic heterocycles. The lowest BCUT2D eigenvalue weighted by molar-refractivity contribution is 0.236. The maximum Gasteiger partial charge on any atom is 0.0223 e. The van der Waals surface area contributed by atoms with Crippen molar-refractivity contribution in [2.75, 3.05) is 19.6 Å². The molecule has 2 nitrogen and oxygen atoms in total. The third kappa shape index (κ3) is 2.43. The van der Waals surface area contributed by atoms with Crippen molar-refractivity contribution in [2.24, 2.45) is 11.8 Å². The zero-order valence-electron chi connectivity index (χ0n) is 10.6. The van der Waals surface area contributed by atoms with Crippen LogP contribution in [0.5, 0.6) is 0 Å². The molecule has 1 saturated heterocycles. The highest BCUT2D eigenvalue weighted by Crippen LogP contribution is 2.41. The Labute approximate surface area is 99.8 Å². The van der Waals surface area contributed by atoms with Crippen molar-refractivity contribution in [2.45, 2.75) is 57.5 Å². The summed E-state index contributed by atoms with van der Waals surface area (Å²) >= 11 is 0. The molecular formula is C14H26N2. The second kappa shape index (κ2) is 4.66. The SMILES string of the molecule is CCCC1CC1N1CCCNC(C2CC2)C1. The van der Waals surface area contributed by atoms with E-state index in [1.165, 1.54) is 58.2 Å². The highest BCUT2D eigenvalue weighted by atomic mass is 15.2. The molecule has 3 rings (SSSR count). The van der Waals surface area contributed by atoms with Crippen molar-refractivity contribution < 1.29 is 0 Å². The minimum absolute atomic E-state index is 0.824. The molecule has 2 aliphatic carbocycles. The number of hydrogen-bond acceptors (Lipinski definition) is 2. The van der Waals surface area contributed by atoms with E-state index in [-0.39, 0.29) is 0 Å². The van der Waals surface area contributed by atoms with Gasteiger partial charge in [0, 0.05) is 18.6 Å². The summed E-state index contributed by atoms with van der Waals surface area (Å²) in [5, 5.41) is 3.76. The molecule has 3 fully saturated rings. The molecule has 92 valence electrons. The van der Waals surface area contributed by atoms with Crippen LogP contribution >= 0.6 is 0 Å². The molecule has 1 N–H and O–H groups in total. The van der Waals surface area contributed by atoms with E-state index < -0.39 is 0 Å². The van der Waals surface area contributed by atoms with E-state index in [0.29, 0.717) is 0 Å². The molecule has 0 aromatic carbocycles. The molecular weight excluding hydrogens is 196 g/mol. The summed E-state index contributed by atoms with van der Waals surface area (Å²) < 4.78 is 0. The van der Waals surface area contributed by atoms with E-state index in [4.69, 9.17) is 0 Å². The van der Waals surface area contributed by atoms with Crippen LogP contribution in [0.2, 0.25) is 0 Å². The number of hydrogen-bond donors (Lipinski definition) is 1. The van der Waals surface area contributed by atoms with Crippen molar-refractivity contribution in [1.82, 2.24) is 10.2 Å². The van der Waals surface area contributed by atoms with Gasteiger partial charge in [-0.1, -0.05) is 13.3 Å². The first-order chi connectivity index (χ1) is 7.88. The van der Waals surface area contributed by atoms with E-state index >= 15 is 0 Å². The van der Waals surface area contributed by atoms with Gasteiger partial charge in [0.1, 0.15) is 0 Å². The molecule has 0 aromatic rings. The third-order valence-electron chi connectivity index (χ3n) is 4.66. The Balaban J connectivity index is 1.53. The molecule has 3 atom stereocenters. The van der Waals surface area contributed by atoms with E-state index in [1.54, 1.807) is 0 Å². The van der Waals surface area contributed by atoms with Crippen LogP contribution in [0.25, 0.3) is 0 Å². The van der Waals surface area contributed by atoms with Crippen LogP contribution in [0.4, 0.5) is 0 Å². The van der Waals surface area contributed by atoms with Gasteiger partial charge in [0.05, 0.1) is 0 Å². The molecule has 1 aliphatic heterocycles. The van der Waals surface area contributed by atoms with Gasteiger partial charge in [0.2, 0.25) is 0 Å².